The van der Waals surface area contributed by atoms with Gasteiger partial charge in [0, 0.05) is 5.75 Å². The van der Waals surface area contributed by atoms with Gasteiger partial charge in [-0.3, -0.25) is 15.0 Å². The third-order valence-corrected chi connectivity index (χ3v) is 7.02. The van der Waals surface area contributed by atoms with E-state index < -0.39 is 47.5 Å². The summed E-state index contributed by atoms with van der Waals surface area (Å²) >= 11 is 1.40. The number of urea groups is 1. The van der Waals surface area contributed by atoms with Crippen LogP contribution in [-0.2, 0) is 19.0 Å². The summed E-state index contributed by atoms with van der Waals surface area (Å²) in [6.45, 7) is 3.65. The van der Waals surface area contributed by atoms with Gasteiger partial charge < -0.3 is 19.3 Å². The summed E-state index contributed by atoms with van der Waals surface area (Å²) in [5.74, 6) is -1.73. The monoisotopic (exact) mass is 405 g/mol. The maximum atomic E-state index is 13.2. The molecular weight excluding hydrogens is 384 g/mol. The fourth-order valence-electron chi connectivity index (χ4n) is 4.46. The maximum absolute atomic E-state index is 13.2. The normalized spacial score (nSPS) is 39.8. The lowest BCUT2D eigenvalue weighted by Crippen LogP contribution is -2.65. The van der Waals surface area contributed by atoms with Gasteiger partial charge in [-0.1, -0.05) is 42.0 Å². The number of carbonyl (C=O) groups excluding carboxylic acids is 2. The summed E-state index contributed by atoms with van der Waals surface area (Å²) in [6, 6.07) is 8.22. The number of thioether (sulfide) groups is 1. The molecule has 0 aliphatic carbocycles. The molecule has 9 heteroatoms. The summed E-state index contributed by atoms with van der Waals surface area (Å²) in [5, 5.41) is 14.9. The zero-order valence-corrected chi connectivity index (χ0v) is 16.3. The summed E-state index contributed by atoms with van der Waals surface area (Å²) in [5.41, 5.74) is 0.521. The van der Waals surface area contributed by atoms with Gasteiger partial charge in [-0.25, -0.2) is 4.79 Å². The zero-order chi connectivity index (χ0) is 19.6. The molecule has 1 aromatic rings. The zero-order valence-electron chi connectivity index (χ0n) is 15.4. The van der Waals surface area contributed by atoms with Crippen molar-refractivity contribution < 1.29 is 28.9 Å². The molecule has 0 spiro atoms. The first-order valence-electron chi connectivity index (χ1n) is 9.32. The maximum Gasteiger partial charge on any atom is 0.327 e. The van der Waals surface area contributed by atoms with Gasteiger partial charge in [0.25, 0.3) is 0 Å². The molecule has 2 bridgehead atoms. The number of nitrogens with zero attached hydrogens (tertiary/aromatic N) is 1. The Labute approximate surface area is 166 Å². The molecule has 0 aromatic heterocycles. The fraction of sp³-hybridized carbons (Fsp3) is 0.579. The molecular formula is C19H21N2O6S-. The van der Waals surface area contributed by atoms with Crippen molar-refractivity contribution in [2.45, 2.75) is 55.7 Å². The van der Waals surface area contributed by atoms with E-state index in [9.17, 15) is 14.7 Å². The number of hydrogen-bond acceptors (Lipinski definition) is 7. The Balaban J connectivity index is 1.49. The molecule has 4 saturated heterocycles. The topological polar surface area (TPSA) is 100 Å². The third kappa shape index (κ3) is 2.76. The largest absolute Gasteiger partial charge is 0.848 e. The van der Waals surface area contributed by atoms with E-state index in [1.54, 1.807) is 24.3 Å². The molecule has 28 heavy (non-hydrogen) atoms. The molecule has 4 aliphatic heterocycles. The average molecular weight is 405 g/mol. The molecule has 4 fully saturated rings. The van der Waals surface area contributed by atoms with Crippen LogP contribution in [0.3, 0.4) is 0 Å². The Morgan fingerprint density at radius 3 is 2.68 bits per heavy atom. The smallest absolute Gasteiger partial charge is 0.327 e. The lowest BCUT2D eigenvalue weighted by Gasteiger charge is -2.46. The van der Waals surface area contributed by atoms with Gasteiger partial charge in [0.2, 0.25) is 5.91 Å². The van der Waals surface area contributed by atoms with Gasteiger partial charge in [0.1, 0.15) is 12.2 Å². The highest BCUT2D eigenvalue weighted by molar-refractivity contribution is 8.00. The van der Waals surface area contributed by atoms with Crippen LogP contribution in [-0.4, -0.2) is 58.3 Å². The molecule has 3 amide bonds. The number of nitrogens with one attached hydrogen (secondary N) is 1. The van der Waals surface area contributed by atoms with Crippen LogP contribution in [0.4, 0.5) is 4.79 Å². The number of fused-ring (bicyclic) bond motifs is 7. The van der Waals surface area contributed by atoms with Crippen LogP contribution in [0.15, 0.2) is 30.3 Å². The minimum Gasteiger partial charge on any atom is -0.848 e. The molecule has 150 valence electrons. The molecule has 5 rings (SSSR count). The van der Waals surface area contributed by atoms with Crippen LogP contribution >= 0.6 is 11.8 Å². The molecule has 1 aromatic carbocycles. The summed E-state index contributed by atoms with van der Waals surface area (Å²) < 4.78 is 18.1. The first-order valence-corrected chi connectivity index (χ1v) is 10.4. The Hall–Kier alpha value is -1.65. The minimum absolute atomic E-state index is 0.266. The standard InChI is InChI=1S/C19H21N2O6S/c1-19(2)26-13-10-8-28-17-11(12(22)9-6-4-3-5-7-9)15(23)20-18(24)21(17)16(25-10)14(13)27-19/h3-7,10-14,16-17H,8H2,1-2H3,(H,20,23,24)/q-1/t10-,11?,12?,13-,14-,16-,17+/m1/s1. The van der Waals surface area contributed by atoms with Crippen molar-refractivity contribution in [3.8, 4) is 0 Å². The lowest BCUT2D eigenvalue weighted by molar-refractivity contribution is -0.438. The van der Waals surface area contributed by atoms with Crippen LogP contribution in [0, 0.1) is 5.92 Å². The van der Waals surface area contributed by atoms with Crippen LogP contribution in [0.5, 0.6) is 0 Å². The van der Waals surface area contributed by atoms with E-state index in [-0.39, 0.29) is 12.2 Å². The highest BCUT2D eigenvalue weighted by Gasteiger charge is 2.62. The van der Waals surface area contributed by atoms with Crippen molar-refractivity contribution in [1.29, 1.82) is 0 Å². The number of amides is 3. The van der Waals surface area contributed by atoms with E-state index in [4.69, 9.17) is 14.2 Å². The number of carbonyl (C=O) groups is 2. The van der Waals surface area contributed by atoms with Gasteiger partial charge in [-0.15, -0.1) is 11.8 Å². The van der Waals surface area contributed by atoms with Crippen LogP contribution in [0.2, 0.25) is 0 Å². The molecule has 0 radical (unpaired) electrons. The number of rotatable bonds is 2. The summed E-state index contributed by atoms with van der Waals surface area (Å²) in [7, 11) is 0. The van der Waals surface area contributed by atoms with Crippen molar-refractivity contribution in [1.82, 2.24) is 10.2 Å². The van der Waals surface area contributed by atoms with Gasteiger partial charge in [0.05, 0.1) is 17.4 Å². The molecule has 2 unspecified atom stereocenters. The second kappa shape index (κ2) is 6.43. The third-order valence-electron chi connectivity index (χ3n) is 5.63. The predicted molar refractivity (Wildman–Crippen MR) is 96.8 cm³/mol. The lowest BCUT2D eigenvalue weighted by atomic mass is 9.92. The summed E-state index contributed by atoms with van der Waals surface area (Å²) in [4.78, 5) is 26.9. The van der Waals surface area contributed by atoms with Gasteiger partial charge in [0.15, 0.2) is 12.0 Å². The van der Waals surface area contributed by atoms with Crippen LogP contribution in [0.1, 0.15) is 25.5 Å². The van der Waals surface area contributed by atoms with Crippen molar-refractivity contribution in [3.63, 3.8) is 0 Å². The number of imide groups is 1. The van der Waals surface area contributed by atoms with Crippen molar-refractivity contribution >= 4 is 23.7 Å². The molecule has 4 heterocycles. The molecule has 4 aliphatic rings. The van der Waals surface area contributed by atoms with Gasteiger partial charge in [-0.2, -0.15) is 0 Å². The van der Waals surface area contributed by atoms with E-state index in [1.165, 1.54) is 16.7 Å². The number of benzene rings is 1. The van der Waals surface area contributed by atoms with Crippen molar-refractivity contribution in [2.75, 3.05) is 5.75 Å². The quantitative estimate of drug-likeness (QED) is 0.768. The first kappa shape index (κ1) is 18.4. The Kier molecular flexibility index (Phi) is 4.22. The molecule has 1 N–H and O–H groups in total. The number of hydrogen-bond donors (Lipinski definition) is 1. The Morgan fingerprint density at radius 2 is 1.93 bits per heavy atom. The van der Waals surface area contributed by atoms with Gasteiger partial charge >= 0.3 is 6.03 Å². The average Bonchev–Trinajstić information content (AvgIpc) is 3.04. The van der Waals surface area contributed by atoms with E-state index in [2.05, 4.69) is 5.32 Å². The molecule has 7 atom stereocenters. The van der Waals surface area contributed by atoms with E-state index in [0.29, 0.717) is 11.3 Å². The minimum atomic E-state index is -1.29. The van der Waals surface area contributed by atoms with E-state index >= 15 is 0 Å². The van der Waals surface area contributed by atoms with E-state index in [1.807, 2.05) is 19.9 Å². The number of ether oxygens (including phenoxy) is 3. The van der Waals surface area contributed by atoms with Crippen LogP contribution < -0.4 is 10.4 Å². The van der Waals surface area contributed by atoms with Gasteiger partial charge in [-0.05, 0) is 13.8 Å². The Bertz CT molecular complexity index is 805. The van der Waals surface area contributed by atoms with Crippen molar-refractivity contribution in [3.05, 3.63) is 35.9 Å². The SMILES string of the molecule is CC1(C)O[C@@H]2[C@H](O1)[C@H]1CS[C@H]3C(C([O-])c4ccccc4)C(=O)NC(=O)N3[C@@H]2O1. The highest BCUT2D eigenvalue weighted by atomic mass is 32.2. The second-order valence-corrected chi connectivity index (χ2v) is 9.06. The van der Waals surface area contributed by atoms with Crippen molar-refractivity contribution in [2.24, 2.45) is 5.92 Å². The second-order valence-electron chi connectivity index (χ2n) is 7.91. The predicted octanol–water partition coefficient (Wildman–Crippen LogP) is 0.574. The van der Waals surface area contributed by atoms with Crippen LogP contribution in [0.25, 0.3) is 0 Å². The highest BCUT2D eigenvalue weighted by Crippen LogP contribution is 2.47. The molecule has 8 nitrogen and oxygen atoms in total. The first-order chi connectivity index (χ1) is 13.4. The Morgan fingerprint density at radius 1 is 1.21 bits per heavy atom. The summed E-state index contributed by atoms with van der Waals surface area (Å²) in [6.07, 6.45) is -2.99. The van der Waals surface area contributed by atoms with E-state index in [0.717, 1.165) is 0 Å². The fourth-order valence-corrected chi connectivity index (χ4v) is 5.97. The molecule has 0 saturated carbocycles.